The van der Waals surface area contributed by atoms with E-state index in [4.69, 9.17) is 0 Å². The van der Waals surface area contributed by atoms with Crippen LogP contribution in [0.3, 0.4) is 0 Å². The lowest BCUT2D eigenvalue weighted by Gasteiger charge is -2.40. The van der Waals surface area contributed by atoms with E-state index in [1.54, 1.807) is 0 Å². The van der Waals surface area contributed by atoms with Crippen LogP contribution in [-0.2, 0) is 4.79 Å². The van der Waals surface area contributed by atoms with Crippen LogP contribution >= 0.6 is 0 Å². The molecular weight excluding hydrogens is 178 g/mol. The average Bonchev–Trinajstić information content (AvgIpc) is 2.71. The summed E-state index contributed by atoms with van der Waals surface area (Å²) in [5.41, 5.74) is -0.604. The van der Waals surface area contributed by atoms with E-state index in [-0.39, 0.29) is 5.41 Å². The van der Waals surface area contributed by atoms with E-state index in [1.165, 1.54) is 0 Å². The molecule has 2 fully saturated rings. The summed E-state index contributed by atoms with van der Waals surface area (Å²) in [7, 11) is 0. The van der Waals surface area contributed by atoms with Gasteiger partial charge in [0.25, 0.3) is 0 Å². The molecule has 0 amide bonds. The molecule has 0 aromatic heterocycles. The zero-order chi connectivity index (χ0) is 10.4. The summed E-state index contributed by atoms with van der Waals surface area (Å²) in [5.74, 6) is -0.639. The Morgan fingerprint density at radius 3 is 2.21 bits per heavy atom. The molecule has 0 radical (unpaired) electrons. The molecule has 14 heavy (non-hydrogen) atoms. The normalized spacial score (nSPS) is 29.9. The lowest BCUT2D eigenvalue weighted by Crippen LogP contribution is -2.56. The van der Waals surface area contributed by atoms with Crippen molar-refractivity contribution in [1.82, 2.24) is 4.90 Å². The number of rotatable bonds is 3. The SMILES string of the molecule is CC1(C(C)(C(=O)O)N2CCCC2)CC1. The lowest BCUT2D eigenvalue weighted by molar-refractivity contribution is -0.154. The van der Waals surface area contributed by atoms with Crippen molar-refractivity contribution < 1.29 is 9.90 Å². The number of hydrogen-bond acceptors (Lipinski definition) is 2. The second-order valence-corrected chi connectivity index (χ2v) is 5.13. The van der Waals surface area contributed by atoms with Crippen molar-refractivity contribution in [3.8, 4) is 0 Å². The lowest BCUT2D eigenvalue weighted by atomic mass is 9.82. The van der Waals surface area contributed by atoms with Crippen molar-refractivity contribution in [2.24, 2.45) is 5.41 Å². The van der Waals surface area contributed by atoms with Gasteiger partial charge < -0.3 is 5.11 Å². The van der Waals surface area contributed by atoms with Gasteiger partial charge in [0.15, 0.2) is 0 Å². The molecule has 1 N–H and O–H groups in total. The molecule has 80 valence electrons. The molecule has 1 aliphatic carbocycles. The average molecular weight is 197 g/mol. The Morgan fingerprint density at radius 1 is 1.36 bits per heavy atom. The van der Waals surface area contributed by atoms with Crippen LogP contribution in [0.4, 0.5) is 0 Å². The van der Waals surface area contributed by atoms with Crippen LogP contribution in [0.25, 0.3) is 0 Å². The van der Waals surface area contributed by atoms with Gasteiger partial charge in [-0.1, -0.05) is 6.92 Å². The third-order valence-corrected chi connectivity index (χ3v) is 4.33. The fraction of sp³-hybridized carbons (Fsp3) is 0.909. The van der Waals surface area contributed by atoms with E-state index < -0.39 is 11.5 Å². The highest BCUT2D eigenvalue weighted by atomic mass is 16.4. The Balaban J connectivity index is 2.25. The first kappa shape index (κ1) is 9.97. The fourth-order valence-electron chi connectivity index (χ4n) is 2.61. The second-order valence-electron chi connectivity index (χ2n) is 5.13. The molecule has 0 bridgehead atoms. The van der Waals surface area contributed by atoms with Crippen molar-refractivity contribution >= 4 is 5.97 Å². The van der Waals surface area contributed by atoms with Crippen LogP contribution in [0.15, 0.2) is 0 Å². The van der Waals surface area contributed by atoms with Gasteiger partial charge in [-0.2, -0.15) is 0 Å². The number of carbonyl (C=O) groups is 1. The maximum atomic E-state index is 11.5. The Morgan fingerprint density at radius 2 is 1.86 bits per heavy atom. The van der Waals surface area contributed by atoms with Crippen molar-refractivity contribution in [2.45, 2.75) is 45.1 Å². The highest BCUT2D eigenvalue weighted by Gasteiger charge is 2.60. The summed E-state index contributed by atoms with van der Waals surface area (Å²) in [6.07, 6.45) is 4.43. The topological polar surface area (TPSA) is 40.5 Å². The van der Waals surface area contributed by atoms with E-state index in [0.29, 0.717) is 0 Å². The first-order chi connectivity index (χ1) is 6.51. The van der Waals surface area contributed by atoms with Crippen molar-refractivity contribution in [3.63, 3.8) is 0 Å². The minimum absolute atomic E-state index is 0.0170. The molecule has 1 atom stereocenters. The highest BCUT2D eigenvalue weighted by Crippen LogP contribution is 2.56. The van der Waals surface area contributed by atoms with Gasteiger partial charge in [0.1, 0.15) is 5.54 Å². The third-order valence-electron chi connectivity index (χ3n) is 4.33. The number of aliphatic carboxylic acids is 1. The first-order valence-corrected chi connectivity index (χ1v) is 5.49. The van der Waals surface area contributed by atoms with Crippen LogP contribution in [0.2, 0.25) is 0 Å². The molecule has 2 rings (SSSR count). The third kappa shape index (κ3) is 1.18. The maximum Gasteiger partial charge on any atom is 0.324 e. The van der Waals surface area contributed by atoms with Crippen molar-refractivity contribution in [2.75, 3.05) is 13.1 Å². The number of nitrogens with zero attached hydrogens (tertiary/aromatic N) is 1. The molecule has 1 heterocycles. The van der Waals surface area contributed by atoms with E-state index in [9.17, 15) is 9.90 Å². The molecule has 1 saturated heterocycles. The van der Waals surface area contributed by atoms with Gasteiger partial charge in [-0.25, -0.2) is 0 Å². The number of carboxylic acids is 1. The second kappa shape index (κ2) is 2.96. The molecule has 1 saturated carbocycles. The van der Waals surface area contributed by atoms with Crippen LogP contribution in [0.5, 0.6) is 0 Å². The van der Waals surface area contributed by atoms with Crippen LogP contribution < -0.4 is 0 Å². The minimum atomic E-state index is -0.639. The van der Waals surface area contributed by atoms with Gasteiger partial charge in [0, 0.05) is 0 Å². The first-order valence-electron chi connectivity index (χ1n) is 5.49. The molecule has 3 nitrogen and oxygen atoms in total. The molecule has 1 aliphatic heterocycles. The smallest absolute Gasteiger partial charge is 0.324 e. The van der Waals surface area contributed by atoms with Gasteiger partial charge in [-0.15, -0.1) is 0 Å². The number of hydrogen-bond donors (Lipinski definition) is 1. The van der Waals surface area contributed by atoms with Crippen molar-refractivity contribution in [3.05, 3.63) is 0 Å². The molecule has 0 spiro atoms. The van der Waals surface area contributed by atoms with Crippen LogP contribution in [-0.4, -0.2) is 34.6 Å². The quantitative estimate of drug-likeness (QED) is 0.749. The Kier molecular flexibility index (Phi) is 2.11. The zero-order valence-corrected chi connectivity index (χ0v) is 9.05. The highest BCUT2D eigenvalue weighted by molar-refractivity contribution is 5.80. The predicted octanol–water partition coefficient (Wildman–Crippen LogP) is 1.73. The van der Waals surface area contributed by atoms with E-state index >= 15 is 0 Å². The summed E-state index contributed by atoms with van der Waals surface area (Å²) < 4.78 is 0. The largest absolute Gasteiger partial charge is 0.480 e. The Labute approximate surface area is 85.1 Å². The fourth-order valence-corrected chi connectivity index (χ4v) is 2.61. The molecule has 1 unspecified atom stereocenters. The van der Waals surface area contributed by atoms with Gasteiger partial charge in [-0.05, 0) is 51.1 Å². The molecule has 0 aromatic rings. The molecular formula is C11H19NO2. The van der Waals surface area contributed by atoms with Gasteiger partial charge in [-0.3, -0.25) is 9.69 Å². The van der Waals surface area contributed by atoms with Gasteiger partial charge >= 0.3 is 5.97 Å². The Bertz CT molecular complexity index is 254. The number of carboxylic acid groups (broad SMARTS) is 1. The maximum absolute atomic E-state index is 11.5. The Hall–Kier alpha value is -0.570. The standard InChI is InChI=1S/C11H19NO2/c1-10(5-6-10)11(2,9(13)14)12-7-3-4-8-12/h3-8H2,1-2H3,(H,13,14). The zero-order valence-electron chi connectivity index (χ0n) is 9.05. The summed E-state index contributed by atoms with van der Waals surface area (Å²) in [4.78, 5) is 13.6. The van der Waals surface area contributed by atoms with E-state index in [0.717, 1.165) is 38.8 Å². The van der Waals surface area contributed by atoms with Crippen LogP contribution in [0.1, 0.15) is 39.5 Å². The number of likely N-dealkylation sites (tertiary alicyclic amines) is 1. The summed E-state index contributed by atoms with van der Waals surface area (Å²) in [6, 6.07) is 0. The van der Waals surface area contributed by atoms with Crippen molar-refractivity contribution in [1.29, 1.82) is 0 Å². The van der Waals surface area contributed by atoms with Gasteiger partial charge in [0.05, 0.1) is 0 Å². The molecule has 0 aromatic carbocycles. The minimum Gasteiger partial charge on any atom is -0.480 e. The monoisotopic (exact) mass is 197 g/mol. The summed E-state index contributed by atoms with van der Waals surface area (Å²) in [5, 5.41) is 9.43. The summed E-state index contributed by atoms with van der Waals surface area (Å²) >= 11 is 0. The van der Waals surface area contributed by atoms with Crippen LogP contribution in [0, 0.1) is 5.41 Å². The summed E-state index contributed by atoms with van der Waals surface area (Å²) in [6.45, 7) is 5.93. The predicted molar refractivity (Wildman–Crippen MR) is 54.2 cm³/mol. The molecule has 3 heteroatoms. The molecule has 2 aliphatic rings. The van der Waals surface area contributed by atoms with E-state index in [2.05, 4.69) is 11.8 Å². The van der Waals surface area contributed by atoms with E-state index in [1.807, 2.05) is 6.92 Å². The van der Waals surface area contributed by atoms with Gasteiger partial charge in [0.2, 0.25) is 0 Å².